The van der Waals surface area contributed by atoms with Gasteiger partial charge in [0.2, 0.25) is 0 Å². The fourth-order valence-corrected chi connectivity index (χ4v) is 5.42. The zero-order valence-corrected chi connectivity index (χ0v) is 27.9. The number of benzene rings is 3. The number of piperidine rings is 1. The summed E-state index contributed by atoms with van der Waals surface area (Å²) in [6, 6.07) is 14.5. The molecule has 3 aromatic carbocycles. The van der Waals surface area contributed by atoms with Gasteiger partial charge in [0.15, 0.2) is 11.5 Å². The van der Waals surface area contributed by atoms with Crippen molar-refractivity contribution < 1.29 is 37.0 Å². The van der Waals surface area contributed by atoms with E-state index in [1.807, 2.05) is 13.8 Å². The number of anilines is 2. The molecule has 260 valence electrons. The SMILES string of the molecule is CCCCN1CCC(Oc2ccc(C(=O)Nc3ccc(Oc4ccc(NC(=O)NC(CC)CC)cc4OC)cc3)cc2C(F)(F)F)CC1. The summed E-state index contributed by atoms with van der Waals surface area (Å²) in [4.78, 5) is 27.6. The summed E-state index contributed by atoms with van der Waals surface area (Å²) in [6.07, 6.45) is 0.120. The molecule has 3 aromatic rings. The molecule has 0 bridgehead atoms. The van der Waals surface area contributed by atoms with Crippen molar-refractivity contribution in [2.75, 3.05) is 37.4 Å². The molecule has 3 N–H and O–H groups in total. The Bertz CT molecular complexity index is 1500. The highest BCUT2D eigenvalue weighted by atomic mass is 19.4. The third-order valence-corrected chi connectivity index (χ3v) is 8.29. The van der Waals surface area contributed by atoms with Gasteiger partial charge in [-0.15, -0.1) is 0 Å². The van der Waals surface area contributed by atoms with Crippen LogP contribution in [0.15, 0.2) is 60.7 Å². The lowest BCUT2D eigenvalue weighted by molar-refractivity contribution is -0.139. The smallest absolute Gasteiger partial charge is 0.419 e. The van der Waals surface area contributed by atoms with Crippen molar-refractivity contribution in [3.05, 3.63) is 71.8 Å². The molecule has 0 aliphatic carbocycles. The number of hydrogen-bond acceptors (Lipinski definition) is 6. The molecular weight excluding hydrogens is 625 g/mol. The van der Waals surface area contributed by atoms with Crippen LogP contribution >= 0.6 is 0 Å². The minimum atomic E-state index is -4.69. The zero-order chi connectivity index (χ0) is 34.7. The van der Waals surface area contributed by atoms with Gasteiger partial charge in [-0.05, 0) is 93.2 Å². The average molecular weight is 671 g/mol. The fourth-order valence-electron chi connectivity index (χ4n) is 5.42. The van der Waals surface area contributed by atoms with E-state index in [1.165, 1.54) is 19.2 Å². The van der Waals surface area contributed by atoms with Crippen LogP contribution in [0.25, 0.3) is 0 Å². The highest BCUT2D eigenvalue weighted by Gasteiger charge is 2.36. The molecule has 0 unspecified atom stereocenters. The molecule has 0 saturated carbocycles. The predicted octanol–water partition coefficient (Wildman–Crippen LogP) is 8.71. The van der Waals surface area contributed by atoms with E-state index in [9.17, 15) is 22.8 Å². The Hall–Kier alpha value is -4.45. The van der Waals surface area contributed by atoms with Crippen LogP contribution in [-0.2, 0) is 6.18 Å². The molecule has 1 aliphatic rings. The summed E-state index contributed by atoms with van der Waals surface area (Å²) >= 11 is 0. The van der Waals surface area contributed by atoms with Crippen LogP contribution in [0.4, 0.5) is 29.3 Å². The number of ether oxygens (including phenoxy) is 3. The molecule has 1 fully saturated rings. The number of alkyl halides is 3. The van der Waals surface area contributed by atoms with Gasteiger partial charge in [-0.25, -0.2) is 4.79 Å². The topological polar surface area (TPSA) is 101 Å². The summed E-state index contributed by atoms with van der Waals surface area (Å²) in [5.41, 5.74) is -0.228. The zero-order valence-electron chi connectivity index (χ0n) is 27.9. The summed E-state index contributed by atoms with van der Waals surface area (Å²) in [6.45, 7) is 8.69. The van der Waals surface area contributed by atoms with E-state index < -0.39 is 17.6 Å². The highest BCUT2D eigenvalue weighted by molar-refractivity contribution is 6.04. The lowest BCUT2D eigenvalue weighted by Gasteiger charge is -2.32. The minimum Gasteiger partial charge on any atom is -0.493 e. The number of rotatable bonds is 14. The maximum absolute atomic E-state index is 14.0. The molecule has 0 aromatic heterocycles. The Kier molecular flexibility index (Phi) is 13.0. The Morgan fingerprint density at radius 2 is 1.54 bits per heavy atom. The van der Waals surface area contributed by atoms with Gasteiger partial charge < -0.3 is 35.1 Å². The average Bonchev–Trinajstić information content (AvgIpc) is 3.08. The van der Waals surface area contributed by atoms with Crippen molar-refractivity contribution in [3.63, 3.8) is 0 Å². The second-order valence-electron chi connectivity index (χ2n) is 11.8. The first kappa shape index (κ1) is 36.4. The van der Waals surface area contributed by atoms with Gasteiger partial charge in [-0.3, -0.25) is 4.79 Å². The van der Waals surface area contributed by atoms with Crippen molar-refractivity contribution >= 4 is 23.3 Å². The van der Waals surface area contributed by atoms with Gasteiger partial charge in [0, 0.05) is 42.1 Å². The third-order valence-electron chi connectivity index (χ3n) is 8.29. The summed E-state index contributed by atoms with van der Waals surface area (Å²) in [5.74, 6) is 0.248. The van der Waals surface area contributed by atoms with E-state index in [-0.39, 0.29) is 29.5 Å². The van der Waals surface area contributed by atoms with Crippen molar-refractivity contribution in [1.82, 2.24) is 10.2 Å². The Balaban J connectivity index is 1.37. The second-order valence-corrected chi connectivity index (χ2v) is 11.8. The molecule has 0 atom stereocenters. The highest BCUT2D eigenvalue weighted by Crippen LogP contribution is 2.38. The van der Waals surface area contributed by atoms with Gasteiger partial charge in [0.1, 0.15) is 17.6 Å². The molecule has 12 heteroatoms. The Morgan fingerprint density at radius 3 is 2.17 bits per heavy atom. The first-order valence-corrected chi connectivity index (χ1v) is 16.5. The van der Waals surface area contributed by atoms with Gasteiger partial charge in [-0.2, -0.15) is 13.2 Å². The number of unbranched alkanes of at least 4 members (excludes halogenated alkanes) is 1. The van der Waals surface area contributed by atoms with Crippen LogP contribution in [-0.4, -0.2) is 55.7 Å². The van der Waals surface area contributed by atoms with Crippen LogP contribution in [0.2, 0.25) is 0 Å². The largest absolute Gasteiger partial charge is 0.493 e. The molecule has 1 saturated heterocycles. The molecule has 1 heterocycles. The van der Waals surface area contributed by atoms with E-state index in [4.69, 9.17) is 14.2 Å². The number of carbonyl (C=O) groups excluding carboxylic acids is 2. The van der Waals surface area contributed by atoms with Gasteiger partial charge in [0.25, 0.3) is 5.91 Å². The van der Waals surface area contributed by atoms with Crippen molar-refractivity contribution in [3.8, 4) is 23.0 Å². The van der Waals surface area contributed by atoms with E-state index in [1.54, 1.807) is 42.5 Å². The van der Waals surface area contributed by atoms with Crippen molar-refractivity contribution in [1.29, 1.82) is 0 Å². The predicted molar refractivity (Wildman–Crippen MR) is 180 cm³/mol. The van der Waals surface area contributed by atoms with E-state index >= 15 is 0 Å². The van der Waals surface area contributed by atoms with Gasteiger partial charge >= 0.3 is 12.2 Å². The monoisotopic (exact) mass is 670 g/mol. The number of methoxy groups -OCH3 is 1. The second kappa shape index (κ2) is 17.1. The number of halogens is 3. The number of amides is 3. The fraction of sp³-hybridized carbons (Fsp3) is 0.444. The summed E-state index contributed by atoms with van der Waals surface area (Å²) in [5, 5.41) is 8.34. The summed E-state index contributed by atoms with van der Waals surface area (Å²) < 4.78 is 59.3. The van der Waals surface area contributed by atoms with Crippen LogP contribution in [0.3, 0.4) is 0 Å². The van der Waals surface area contributed by atoms with Gasteiger partial charge in [-0.1, -0.05) is 27.2 Å². The molecule has 48 heavy (non-hydrogen) atoms. The van der Waals surface area contributed by atoms with E-state index in [0.717, 1.165) is 51.4 Å². The maximum Gasteiger partial charge on any atom is 0.419 e. The Labute approximate surface area is 280 Å². The van der Waals surface area contributed by atoms with Crippen LogP contribution in [0.5, 0.6) is 23.0 Å². The molecular formula is C36H45F3N4O5. The molecule has 0 radical (unpaired) electrons. The molecule has 4 rings (SSSR count). The van der Waals surface area contributed by atoms with Gasteiger partial charge in [0.05, 0.1) is 12.7 Å². The third kappa shape index (κ3) is 10.3. The molecule has 3 amide bonds. The van der Waals surface area contributed by atoms with Crippen molar-refractivity contribution in [2.24, 2.45) is 0 Å². The lowest BCUT2D eigenvalue weighted by Crippen LogP contribution is -2.38. The standard InChI is InChI=1S/C36H45F3N4O5/c1-5-8-19-43-20-17-29(18-21-43)47-31-15-9-24(22-30(31)36(37,38)39)34(44)40-26-10-13-28(14-11-26)48-32-16-12-27(23-33(32)46-4)42-35(45)41-25(6-2)7-3/h9-16,22-23,25,29H,5-8,17-21H2,1-4H3,(H,40,44)(H2,41,42,45). The van der Waals surface area contributed by atoms with Crippen LogP contribution in [0.1, 0.15) is 75.2 Å². The molecule has 0 spiro atoms. The van der Waals surface area contributed by atoms with Crippen LogP contribution in [0, 0.1) is 0 Å². The first-order chi connectivity index (χ1) is 23.0. The first-order valence-electron chi connectivity index (χ1n) is 16.5. The number of hydrogen-bond donors (Lipinski definition) is 3. The normalized spacial score (nSPS) is 14.0. The Morgan fingerprint density at radius 1 is 0.875 bits per heavy atom. The molecule has 1 aliphatic heterocycles. The number of likely N-dealkylation sites (tertiary alicyclic amines) is 1. The number of urea groups is 1. The van der Waals surface area contributed by atoms with Crippen molar-refractivity contribution in [2.45, 2.75) is 77.6 Å². The minimum absolute atomic E-state index is 0.0769. The van der Waals surface area contributed by atoms with E-state index in [2.05, 4.69) is 27.8 Å². The summed E-state index contributed by atoms with van der Waals surface area (Å²) in [7, 11) is 1.48. The lowest BCUT2D eigenvalue weighted by atomic mass is 10.1. The van der Waals surface area contributed by atoms with Crippen LogP contribution < -0.4 is 30.2 Å². The number of nitrogens with zero attached hydrogens (tertiary/aromatic N) is 1. The van der Waals surface area contributed by atoms with E-state index in [0.29, 0.717) is 41.5 Å². The number of carbonyl (C=O) groups is 2. The number of nitrogens with one attached hydrogen (secondary N) is 3. The maximum atomic E-state index is 14.0. The molecule has 9 nitrogen and oxygen atoms in total. The quantitative estimate of drug-likeness (QED) is 0.159.